The van der Waals surface area contributed by atoms with Gasteiger partial charge in [0.15, 0.2) is 6.04 Å². The van der Waals surface area contributed by atoms with Gasteiger partial charge in [-0.2, -0.15) is 0 Å². The molecule has 2 rings (SSSR count). The van der Waals surface area contributed by atoms with Crippen LogP contribution in [0.4, 0.5) is 0 Å². The van der Waals surface area contributed by atoms with E-state index in [9.17, 15) is 14.7 Å². The van der Waals surface area contributed by atoms with Crippen LogP contribution in [0, 0.1) is 0 Å². The van der Waals surface area contributed by atoms with E-state index in [1.54, 1.807) is 12.1 Å². The molecule has 0 aliphatic heterocycles. The number of carboxylic acid groups (broad SMARTS) is 1. The number of aliphatic hydroxyl groups excluding tert-OH is 1. The molecule has 3 N–H and O–H groups in total. The Balaban J connectivity index is 2.14. The number of nitrogens with one attached hydrogen (secondary N) is 1. The molecule has 110 valence electrons. The molecule has 0 aliphatic carbocycles. The predicted octanol–water partition coefficient (Wildman–Crippen LogP) is 0.905. The number of rotatable bonds is 5. The van der Waals surface area contributed by atoms with E-state index in [0.29, 0.717) is 5.69 Å². The van der Waals surface area contributed by atoms with Gasteiger partial charge in [-0.3, -0.25) is 4.79 Å². The van der Waals surface area contributed by atoms with Gasteiger partial charge in [-0.05, 0) is 6.92 Å². The number of carbonyl (C=O) groups is 2. The molecule has 1 aromatic heterocycles. The second-order valence-electron chi connectivity index (χ2n) is 4.47. The van der Waals surface area contributed by atoms with Crippen LogP contribution in [0.3, 0.4) is 0 Å². The van der Waals surface area contributed by atoms with Crippen LogP contribution in [-0.2, 0) is 4.79 Å². The molecule has 1 aromatic carbocycles. The van der Waals surface area contributed by atoms with Gasteiger partial charge < -0.3 is 20.1 Å². The quantitative estimate of drug-likeness (QED) is 0.754. The van der Waals surface area contributed by atoms with Gasteiger partial charge in [0.05, 0.1) is 6.10 Å². The summed E-state index contributed by atoms with van der Waals surface area (Å²) in [7, 11) is 0. The van der Waals surface area contributed by atoms with Gasteiger partial charge in [0.1, 0.15) is 5.69 Å². The molecule has 0 aliphatic rings. The zero-order valence-corrected chi connectivity index (χ0v) is 11.2. The van der Waals surface area contributed by atoms with E-state index in [2.05, 4.69) is 10.5 Å². The molecule has 2 atom stereocenters. The van der Waals surface area contributed by atoms with Gasteiger partial charge in [-0.1, -0.05) is 35.5 Å². The first-order valence-corrected chi connectivity index (χ1v) is 6.23. The largest absolute Gasteiger partial charge is 0.480 e. The van der Waals surface area contributed by atoms with E-state index >= 15 is 0 Å². The molecule has 2 aromatic rings. The van der Waals surface area contributed by atoms with Crippen LogP contribution in [0.5, 0.6) is 0 Å². The molecule has 0 fully saturated rings. The average Bonchev–Trinajstić information content (AvgIpc) is 2.94. The number of amides is 1. The van der Waals surface area contributed by atoms with Gasteiger partial charge in [0.2, 0.25) is 5.76 Å². The normalized spacial score (nSPS) is 13.4. The summed E-state index contributed by atoms with van der Waals surface area (Å²) in [5.41, 5.74) is 1.23. The monoisotopic (exact) mass is 290 g/mol. The molecule has 0 bridgehead atoms. The number of carboxylic acids is 1. The lowest BCUT2D eigenvalue weighted by molar-refractivity contribution is -0.141. The number of benzene rings is 1. The van der Waals surface area contributed by atoms with E-state index in [-0.39, 0.29) is 5.76 Å². The number of hydrogen-bond acceptors (Lipinski definition) is 5. The Morgan fingerprint density at radius 1 is 1.29 bits per heavy atom. The predicted molar refractivity (Wildman–Crippen MR) is 72.5 cm³/mol. The Kier molecular flexibility index (Phi) is 4.34. The van der Waals surface area contributed by atoms with Crippen molar-refractivity contribution in [1.82, 2.24) is 10.5 Å². The molecule has 1 heterocycles. The summed E-state index contributed by atoms with van der Waals surface area (Å²) in [4.78, 5) is 22.8. The third-order valence-corrected chi connectivity index (χ3v) is 2.84. The van der Waals surface area contributed by atoms with Crippen LogP contribution in [0.1, 0.15) is 17.5 Å². The van der Waals surface area contributed by atoms with E-state index in [0.717, 1.165) is 5.56 Å². The van der Waals surface area contributed by atoms with Crippen molar-refractivity contribution in [2.75, 3.05) is 0 Å². The van der Waals surface area contributed by atoms with Gasteiger partial charge in [0.25, 0.3) is 5.91 Å². The van der Waals surface area contributed by atoms with Gasteiger partial charge in [-0.15, -0.1) is 0 Å². The van der Waals surface area contributed by atoms with E-state index in [4.69, 9.17) is 9.63 Å². The number of hydrogen-bond donors (Lipinski definition) is 3. The van der Waals surface area contributed by atoms with Crippen molar-refractivity contribution < 1.29 is 24.3 Å². The third kappa shape index (κ3) is 3.46. The molecule has 0 unspecified atom stereocenters. The van der Waals surface area contributed by atoms with Crippen molar-refractivity contribution in [1.29, 1.82) is 0 Å². The highest BCUT2D eigenvalue weighted by Gasteiger charge is 2.27. The minimum atomic E-state index is -1.41. The zero-order valence-electron chi connectivity index (χ0n) is 11.2. The maximum Gasteiger partial charge on any atom is 0.328 e. The van der Waals surface area contributed by atoms with Crippen molar-refractivity contribution in [2.45, 2.75) is 19.1 Å². The molecule has 7 heteroatoms. The molecule has 7 nitrogen and oxygen atoms in total. The van der Waals surface area contributed by atoms with Crippen molar-refractivity contribution in [3.63, 3.8) is 0 Å². The highest BCUT2D eigenvalue weighted by molar-refractivity contribution is 5.95. The van der Waals surface area contributed by atoms with Crippen LogP contribution in [0.15, 0.2) is 40.9 Å². The first kappa shape index (κ1) is 14.7. The SMILES string of the molecule is C[C@@H](O)[C@H](NC(=O)c1cc(-c2ccccc2)no1)C(=O)O. The van der Waals surface area contributed by atoms with Crippen molar-refractivity contribution in [2.24, 2.45) is 0 Å². The Hall–Kier alpha value is -2.67. The fourth-order valence-corrected chi connectivity index (χ4v) is 1.73. The molecule has 21 heavy (non-hydrogen) atoms. The Bertz CT molecular complexity index is 636. The van der Waals surface area contributed by atoms with E-state index in [1.165, 1.54) is 13.0 Å². The van der Waals surface area contributed by atoms with Gasteiger partial charge in [0, 0.05) is 11.6 Å². The number of carbonyl (C=O) groups excluding carboxylic acids is 1. The highest BCUT2D eigenvalue weighted by Crippen LogP contribution is 2.18. The Morgan fingerprint density at radius 2 is 1.95 bits per heavy atom. The molecular formula is C14H14N2O5. The number of aromatic nitrogens is 1. The average molecular weight is 290 g/mol. The summed E-state index contributed by atoms with van der Waals surface area (Å²) in [5, 5.41) is 24.2. The summed E-state index contributed by atoms with van der Waals surface area (Å²) < 4.78 is 4.90. The minimum absolute atomic E-state index is 0.124. The van der Waals surface area contributed by atoms with Gasteiger partial charge in [-0.25, -0.2) is 4.79 Å². The third-order valence-electron chi connectivity index (χ3n) is 2.84. The summed E-state index contributed by atoms with van der Waals surface area (Å²) in [6.45, 7) is 1.27. The lowest BCUT2D eigenvalue weighted by atomic mass is 10.1. The lowest BCUT2D eigenvalue weighted by Crippen LogP contribution is -2.47. The molecule has 1 amide bonds. The highest BCUT2D eigenvalue weighted by atomic mass is 16.5. The summed E-state index contributed by atoms with van der Waals surface area (Å²) in [6.07, 6.45) is -1.23. The van der Waals surface area contributed by atoms with E-state index < -0.39 is 24.0 Å². The molecule has 0 spiro atoms. The van der Waals surface area contributed by atoms with Crippen molar-refractivity contribution in [3.8, 4) is 11.3 Å². The van der Waals surface area contributed by atoms with Gasteiger partial charge >= 0.3 is 5.97 Å². The summed E-state index contributed by atoms with van der Waals surface area (Å²) in [5.74, 6) is -2.21. The lowest BCUT2D eigenvalue weighted by Gasteiger charge is -2.15. The van der Waals surface area contributed by atoms with Crippen LogP contribution in [0.2, 0.25) is 0 Å². The second-order valence-corrected chi connectivity index (χ2v) is 4.47. The molecular weight excluding hydrogens is 276 g/mol. The van der Waals surface area contributed by atoms with Crippen molar-refractivity contribution >= 4 is 11.9 Å². The second kappa shape index (κ2) is 6.19. The first-order chi connectivity index (χ1) is 9.99. The molecule has 0 saturated carbocycles. The van der Waals surface area contributed by atoms with Crippen LogP contribution in [-0.4, -0.2) is 39.4 Å². The number of aliphatic carboxylic acids is 1. The molecule has 0 saturated heterocycles. The zero-order chi connectivity index (χ0) is 15.4. The van der Waals surface area contributed by atoms with E-state index in [1.807, 2.05) is 18.2 Å². The van der Waals surface area contributed by atoms with Crippen molar-refractivity contribution in [3.05, 3.63) is 42.2 Å². The Labute approximate surface area is 120 Å². The molecule has 0 radical (unpaired) electrons. The van der Waals surface area contributed by atoms with Crippen LogP contribution >= 0.6 is 0 Å². The standard InChI is InChI=1S/C14H14N2O5/c1-8(17)12(14(19)20)15-13(18)11-7-10(16-21-11)9-5-3-2-4-6-9/h2-8,12,17H,1H3,(H,15,18)(H,19,20)/t8-,12+/m1/s1. The fourth-order valence-electron chi connectivity index (χ4n) is 1.73. The Morgan fingerprint density at radius 3 is 2.52 bits per heavy atom. The first-order valence-electron chi connectivity index (χ1n) is 6.23. The number of nitrogens with zero attached hydrogens (tertiary/aromatic N) is 1. The van der Waals surface area contributed by atoms with Crippen LogP contribution < -0.4 is 5.32 Å². The summed E-state index contributed by atoms with van der Waals surface area (Å²) in [6, 6.07) is 9.07. The van der Waals surface area contributed by atoms with Crippen LogP contribution in [0.25, 0.3) is 11.3 Å². The maximum absolute atomic E-state index is 11.9. The number of aliphatic hydroxyl groups is 1. The fraction of sp³-hybridized carbons (Fsp3) is 0.214. The summed E-state index contributed by atoms with van der Waals surface area (Å²) >= 11 is 0. The maximum atomic E-state index is 11.9. The topological polar surface area (TPSA) is 113 Å². The minimum Gasteiger partial charge on any atom is -0.480 e. The smallest absolute Gasteiger partial charge is 0.328 e.